The molecule has 0 fully saturated rings. The minimum absolute atomic E-state index is 0. The van der Waals surface area contributed by atoms with Crippen LogP contribution in [0.5, 0.6) is 0 Å². The van der Waals surface area contributed by atoms with Crippen molar-refractivity contribution in [1.82, 2.24) is 0 Å². The maximum Gasteiger partial charge on any atom is 0.0512 e. The number of aliphatic hydroxyl groups is 2. The van der Waals surface area contributed by atoms with Gasteiger partial charge in [0.05, 0.1) is 12.2 Å². The zero-order valence-electron chi connectivity index (χ0n) is 6.17. The molecule has 0 heterocycles. The normalized spacial score (nSPS) is 15.6. The molecule has 0 saturated carbocycles. The van der Waals surface area contributed by atoms with E-state index in [0.717, 1.165) is 19.3 Å². The third kappa shape index (κ3) is 10.8. The van der Waals surface area contributed by atoms with E-state index < -0.39 is 0 Å². The Bertz CT molecular complexity index is 52.3. The van der Waals surface area contributed by atoms with Crippen LogP contribution in [0.15, 0.2) is 0 Å². The van der Waals surface area contributed by atoms with Crippen LogP contribution in [0.1, 0.15) is 40.5 Å². The van der Waals surface area contributed by atoms with Crippen molar-refractivity contribution in [2.45, 2.75) is 52.7 Å². The molecule has 0 aliphatic rings. The number of hydrogen-bond acceptors (Lipinski definition) is 2. The topological polar surface area (TPSA) is 40.5 Å². The Morgan fingerprint density at radius 1 is 1.00 bits per heavy atom. The molecule has 2 atom stereocenters. The molecule has 0 aliphatic heterocycles. The van der Waals surface area contributed by atoms with Crippen LogP contribution in [0.2, 0.25) is 0 Å². The van der Waals surface area contributed by atoms with Gasteiger partial charge in [-0.25, -0.2) is 0 Å². The number of aliphatic hydroxyl groups excluding tert-OH is 2. The summed E-state index contributed by atoms with van der Waals surface area (Å²) in [5, 5.41) is 17.6. The first-order valence-electron chi connectivity index (χ1n) is 3.49. The monoisotopic (exact) mass is 148 g/mol. The van der Waals surface area contributed by atoms with Crippen molar-refractivity contribution in [1.29, 1.82) is 0 Å². The second-order valence-corrected chi connectivity index (χ2v) is 2.63. The fourth-order valence-corrected chi connectivity index (χ4v) is 0.709. The molecule has 0 rings (SSSR count). The fourth-order valence-electron chi connectivity index (χ4n) is 0.709. The van der Waals surface area contributed by atoms with Gasteiger partial charge >= 0.3 is 0 Å². The zero-order chi connectivity index (χ0) is 7.28. The Kier molecular flexibility index (Phi) is 8.85. The van der Waals surface area contributed by atoms with Gasteiger partial charge in [0, 0.05) is 0 Å². The SMILES string of the molecule is C.CC(O)CCCC(C)O. The lowest BCUT2D eigenvalue weighted by atomic mass is 10.1. The summed E-state index contributed by atoms with van der Waals surface area (Å²) in [4.78, 5) is 0. The molecule has 2 nitrogen and oxygen atoms in total. The second-order valence-electron chi connectivity index (χ2n) is 2.63. The summed E-state index contributed by atoms with van der Waals surface area (Å²) < 4.78 is 0. The fraction of sp³-hybridized carbons (Fsp3) is 1.00. The summed E-state index contributed by atoms with van der Waals surface area (Å²) >= 11 is 0. The van der Waals surface area contributed by atoms with E-state index in [1.54, 1.807) is 13.8 Å². The highest BCUT2D eigenvalue weighted by atomic mass is 16.3. The van der Waals surface area contributed by atoms with Crippen molar-refractivity contribution in [2.24, 2.45) is 0 Å². The Balaban J connectivity index is 0. The van der Waals surface area contributed by atoms with Gasteiger partial charge in [-0.1, -0.05) is 7.43 Å². The minimum atomic E-state index is -0.219. The van der Waals surface area contributed by atoms with Gasteiger partial charge in [-0.2, -0.15) is 0 Å². The lowest BCUT2D eigenvalue weighted by Crippen LogP contribution is -2.03. The summed E-state index contributed by atoms with van der Waals surface area (Å²) in [6.07, 6.45) is 2.07. The van der Waals surface area contributed by atoms with E-state index in [1.807, 2.05) is 0 Å². The van der Waals surface area contributed by atoms with Gasteiger partial charge in [0.25, 0.3) is 0 Å². The first kappa shape index (κ1) is 12.6. The van der Waals surface area contributed by atoms with Crippen molar-refractivity contribution < 1.29 is 10.2 Å². The van der Waals surface area contributed by atoms with Crippen LogP contribution in [0.3, 0.4) is 0 Å². The van der Waals surface area contributed by atoms with E-state index in [2.05, 4.69) is 0 Å². The summed E-state index contributed by atoms with van der Waals surface area (Å²) in [6, 6.07) is 0. The van der Waals surface area contributed by atoms with E-state index in [4.69, 9.17) is 10.2 Å². The van der Waals surface area contributed by atoms with Gasteiger partial charge in [0.1, 0.15) is 0 Å². The molecule has 10 heavy (non-hydrogen) atoms. The molecule has 2 N–H and O–H groups in total. The van der Waals surface area contributed by atoms with Crippen LogP contribution in [0.25, 0.3) is 0 Å². The Morgan fingerprint density at radius 2 is 1.30 bits per heavy atom. The highest BCUT2D eigenvalue weighted by molar-refractivity contribution is 4.51. The average molecular weight is 148 g/mol. The minimum Gasteiger partial charge on any atom is -0.393 e. The third-order valence-corrected chi connectivity index (χ3v) is 1.24. The maximum atomic E-state index is 8.78. The highest BCUT2D eigenvalue weighted by Crippen LogP contribution is 2.02. The molecule has 0 amide bonds. The lowest BCUT2D eigenvalue weighted by Gasteiger charge is -2.04. The van der Waals surface area contributed by atoms with Crippen molar-refractivity contribution in [3.05, 3.63) is 0 Å². The average Bonchev–Trinajstić information content (AvgIpc) is 1.63. The van der Waals surface area contributed by atoms with Crippen LogP contribution in [-0.2, 0) is 0 Å². The van der Waals surface area contributed by atoms with Crippen LogP contribution in [-0.4, -0.2) is 22.4 Å². The van der Waals surface area contributed by atoms with Crippen molar-refractivity contribution in [2.75, 3.05) is 0 Å². The van der Waals surface area contributed by atoms with E-state index in [-0.39, 0.29) is 19.6 Å². The Labute approximate surface area is 63.9 Å². The Morgan fingerprint density at radius 3 is 1.50 bits per heavy atom. The molecular weight excluding hydrogens is 128 g/mol. The molecule has 64 valence electrons. The molecule has 2 heteroatoms. The second kappa shape index (κ2) is 7.03. The molecule has 2 unspecified atom stereocenters. The molecular formula is C8H20O2. The molecule has 0 aromatic heterocycles. The lowest BCUT2D eigenvalue weighted by molar-refractivity contribution is 0.153. The van der Waals surface area contributed by atoms with Gasteiger partial charge in [-0.05, 0) is 33.1 Å². The molecule has 0 aromatic carbocycles. The van der Waals surface area contributed by atoms with Crippen molar-refractivity contribution in [3.8, 4) is 0 Å². The van der Waals surface area contributed by atoms with Crippen LogP contribution >= 0.6 is 0 Å². The number of rotatable bonds is 4. The van der Waals surface area contributed by atoms with E-state index in [0.29, 0.717) is 0 Å². The van der Waals surface area contributed by atoms with E-state index in [1.165, 1.54) is 0 Å². The molecule has 0 bridgehead atoms. The number of hydrogen-bond donors (Lipinski definition) is 2. The summed E-state index contributed by atoms with van der Waals surface area (Å²) in [5.74, 6) is 0. The van der Waals surface area contributed by atoms with Gasteiger partial charge < -0.3 is 10.2 Å². The van der Waals surface area contributed by atoms with Crippen LogP contribution in [0, 0.1) is 0 Å². The molecule has 0 aliphatic carbocycles. The summed E-state index contributed by atoms with van der Waals surface area (Å²) in [7, 11) is 0. The van der Waals surface area contributed by atoms with Gasteiger partial charge in [0.15, 0.2) is 0 Å². The predicted molar refractivity (Wildman–Crippen MR) is 43.9 cm³/mol. The largest absolute Gasteiger partial charge is 0.393 e. The van der Waals surface area contributed by atoms with E-state index in [9.17, 15) is 0 Å². The predicted octanol–water partition coefficient (Wildman–Crippen LogP) is 1.55. The van der Waals surface area contributed by atoms with Gasteiger partial charge in [0.2, 0.25) is 0 Å². The summed E-state index contributed by atoms with van der Waals surface area (Å²) in [5.41, 5.74) is 0. The molecule has 0 spiro atoms. The standard InChI is InChI=1S/C7H16O2.CH4/c1-6(8)4-3-5-7(2)9;/h6-9H,3-5H2,1-2H3;1H4. The molecule has 0 saturated heterocycles. The smallest absolute Gasteiger partial charge is 0.0512 e. The van der Waals surface area contributed by atoms with Crippen molar-refractivity contribution in [3.63, 3.8) is 0 Å². The molecule has 0 radical (unpaired) electrons. The first-order chi connectivity index (χ1) is 4.13. The van der Waals surface area contributed by atoms with Gasteiger partial charge in [-0.15, -0.1) is 0 Å². The van der Waals surface area contributed by atoms with Crippen LogP contribution in [0.4, 0.5) is 0 Å². The van der Waals surface area contributed by atoms with E-state index >= 15 is 0 Å². The highest BCUT2D eigenvalue weighted by Gasteiger charge is 1.97. The summed E-state index contributed by atoms with van der Waals surface area (Å²) in [6.45, 7) is 3.53. The van der Waals surface area contributed by atoms with Crippen LogP contribution < -0.4 is 0 Å². The quantitative estimate of drug-likeness (QED) is 0.635. The maximum absolute atomic E-state index is 8.78. The zero-order valence-corrected chi connectivity index (χ0v) is 6.17. The Hall–Kier alpha value is -0.0800. The molecule has 0 aromatic rings. The third-order valence-electron chi connectivity index (χ3n) is 1.24. The van der Waals surface area contributed by atoms with Gasteiger partial charge in [-0.3, -0.25) is 0 Å². The first-order valence-corrected chi connectivity index (χ1v) is 3.49. The van der Waals surface area contributed by atoms with Crippen molar-refractivity contribution >= 4 is 0 Å².